The van der Waals surface area contributed by atoms with Gasteiger partial charge < -0.3 is 10.4 Å². The number of anilines is 1. The Balaban J connectivity index is 2.51. The molecule has 2 N–H and O–H groups in total. The number of fused-ring (bicyclic) bond motifs is 1. The third-order valence-electron chi connectivity index (χ3n) is 2.45. The van der Waals surface area contributed by atoms with Crippen LogP contribution in [0, 0.1) is 0 Å². The van der Waals surface area contributed by atoms with Crippen molar-refractivity contribution in [3.8, 4) is 5.75 Å². The molecule has 0 aliphatic carbocycles. The van der Waals surface area contributed by atoms with E-state index < -0.39 is 0 Å². The average Bonchev–Trinajstić information content (AvgIpc) is 2.58. The topological polar surface area (TPSA) is 32.3 Å². The lowest BCUT2D eigenvalue weighted by Gasteiger charge is -2.07. The zero-order valence-corrected chi connectivity index (χ0v) is 7.51. The molecule has 13 heavy (non-hydrogen) atoms. The van der Waals surface area contributed by atoms with E-state index in [-0.39, 0.29) is 0 Å². The Morgan fingerprint density at radius 3 is 3.15 bits per heavy atom. The minimum Gasteiger partial charge on any atom is -0.508 e. The predicted octanol–water partition coefficient (Wildman–Crippen LogP) is 2.09. The highest BCUT2D eigenvalue weighted by molar-refractivity contribution is 5.62. The second kappa shape index (κ2) is 3.13. The van der Waals surface area contributed by atoms with Gasteiger partial charge in [-0.2, -0.15) is 0 Å². The van der Waals surface area contributed by atoms with Crippen molar-refractivity contribution in [1.82, 2.24) is 0 Å². The molecule has 1 heterocycles. The number of hydrogen-bond donors (Lipinski definition) is 2. The first-order valence-electron chi connectivity index (χ1n) is 4.51. The van der Waals surface area contributed by atoms with Gasteiger partial charge in [-0.3, -0.25) is 0 Å². The van der Waals surface area contributed by atoms with Gasteiger partial charge >= 0.3 is 0 Å². The van der Waals surface area contributed by atoms with Crippen LogP contribution in [-0.2, 0) is 12.8 Å². The summed E-state index contributed by atoms with van der Waals surface area (Å²) in [4.78, 5) is 0. The summed E-state index contributed by atoms with van der Waals surface area (Å²) in [5.41, 5.74) is 3.44. The van der Waals surface area contributed by atoms with Crippen molar-refractivity contribution in [3.63, 3.8) is 0 Å². The highest BCUT2D eigenvalue weighted by Crippen LogP contribution is 2.32. The van der Waals surface area contributed by atoms with E-state index >= 15 is 0 Å². The molecular formula is C11H13NO. The average molecular weight is 175 g/mol. The molecule has 0 amide bonds. The Morgan fingerprint density at radius 1 is 1.54 bits per heavy atom. The SMILES string of the molecule is C=CCc1c(O)ccc2c1CCN2. The van der Waals surface area contributed by atoms with Crippen molar-refractivity contribution >= 4 is 5.69 Å². The van der Waals surface area contributed by atoms with E-state index in [1.165, 1.54) is 5.56 Å². The summed E-state index contributed by atoms with van der Waals surface area (Å²) < 4.78 is 0. The fourth-order valence-electron chi connectivity index (χ4n) is 1.83. The summed E-state index contributed by atoms with van der Waals surface area (Å²) >= 11 is 0. The maximum absolute atomic E-state index is 9.63. The van der Waals surface area contributed by atoms with Crippen LogP contribution in [0.15, 0.2) is 24.8 Å². The van der Waals surface area contributed by atoms with Crippen LogP contribution < -0.4 is 5.32 Å². The van der Waals surface area contributed by atoms with Gasteiger partial charge in [0, 0.05) is 17.8 Å². The maximum Gasteiger partial charge on any atom is 0.119 e. The monoisotopic (exact) mass is 175 g/mol. The van der Waals surface area contributed by atoms with E-state index in [0.29, 0.717) is 5.75 Å². The summed E-state index contributed by atoms with van der Waals surface area (Å²) in [6, 6.07) is 3.68. The smallest absolute Gasteiger partial charge is 0.119 e. The molecule has 1 aromatic rings. The zero-order valence-electron chi connectivity index (χ0n) is 7.51. The Bertz CT molecular complexity index is 344. The molecule has 0 saturated carbocycles. The molecule has 0 aromatic heterocycles. The van der Waals surface area contributed by atoms with Crippen molar-refractivity contribution in [1.29, 1.82) is 0 Å². The zero-order chi connectivity index (χ0) is 9.26. The van der Waals surface area contributed by atoms with Crippen LogP contribution in [0.4, 0.5) is 5.69 Å². The lowest BCUT2D eigenvalue weighted by molar-refractivity contribution is 0.469. The molecule has 2 heteroatoms. The second-order valence-corrected chi connectivity index (χ2v) is 3.26. The summed E-state index contributed by atoms with van der Waals surface area (Å²) in [6.07, 6.45) is 3.58. The number of phenolic OH excluding ortho intramolecular Hbond substituents is 1. The van der Waals surface area contributed by atoms with Gasteiger partial charge in [0.1, 0.15) is 5.75 Å². The standard InChI is InChI=1S/C11H13NO/c1-2-3-9-8-6-7-12-10(8)4-5-11(9)13/h2,4-5,12-13H,1,3,6-7H2. The van der Waals surface area contributed by atoms with Crippen LogP contribution in [0.25, 0.3) is 0 Å². The third kappa shape index (κ3) is 1.28. The molecule has 0 fully saturated rings. The van der Waals surface area contributed by atoms with Gasteiger partial charge in [0.15, 0.2) is 0 Å². The van der Waals surface area contributed by atoms with Crippen molar-refractivity contribution in [2.45, 2.75) is 12.8 Å². The summed E-state index contributed by atoms with van der Waals surface area (Å²) in [5.74, 6) is 0.391. The Labute approximate surface area is 77.9 Å². The van der Waals surface area contributed by atoms with E-state index in [2.05, 4.69) is 11.9 Å². The number of phenols is 1. The van der Waals surface area contributed by atoms with Crippen molar-refractivity contribution in [2.24, 2.45) is 0 Å². The summed E-state index contributed by atoms with van der Waals surface area (Å²) in [6.45, 7) is 4.67. The quantitative estimate of drug-likeness (QED) is 0.533. The lowest BCUT2D eigenvalue weighted by Crippen LogP contribution is -1.90. The molecule has 0 atom stereocenters. The van der Waals surface area contributed by atoms with Crippen LogP contribution in [0.2, 0.25) is 0 Å². The van der Waals surface area contributed by atoms with Gasteiger partial charge in [-0.05, 0) is 30.5 Å². The molecule has 68 valence electrons. The van der Waals surface area contributed by atoms with Crippen LogP contribution in [0.5, 0.6) is 5.75 Å². The number of benzene rings is 1. The molecular weight excluding hydrogens is 162 g/mol. The molecule has 1 aliphatic heterocycles. The van der Waals surface area contributed by atoms with Gasteiger partial charge in [0.25, 0.3) is 0 Å². The van der Waals surface area contributed by atoms with Gasteiger partial charge in [0.05, 0.1) is 0 Å². The summed E-state index contributed by atoms with van der Waals surface area (Å²) in [5, 5.41) is 12.9. The molecule has 0 spiro atoms. The highest BCUT2D eigenvalue weighted by Gasteiger charge is 2.15. The molecule has 0 saturated heterocycles. The number of allylic oxidation sites excluding steroid dienone is 1. The first kappa shape index (κ1) is 8.17. The van der Waals surface area contributed by atoms with E-state index in [1.54, 1.807) is 6.07 Å². The Kier molecular flexibility index (Phi) is 1.97. The summed E-state index contributed by atoms with van der Waals surface area (Å²) in [7, 11) is 0. The Morgan fingerprint density at radius 2 is 2.38 bits per heavy atom. The number of rotatable bonds is 2. The number of hydrogen-bond acceptors (Lipinski definition) is 2. The normalized spacial score (nSPS) is 13.5. The third-order valence-corrected chi connectivity index (χ3v) is 2.45. The largest absolute Gasteiger partial charge is 0.508 e. The van der Waals surface area contributed by atoms with Gasteiger partial charge in [-0.25, -0.2) is 0 Å². The molecule has 0 bridgehead atoms. The lowest BCUT2D eigenvalue weighted by atomic mass is 10.0. The van der Waals surface area contributed by atoms with E-state index in [4.69, 9.17) is 0 Å². The predicted molar refractivity (Wildman–Crippen MR) is 54.2 cm³/mol. The van der Waals surface area contributed by atoms with Crippen molar-refractivity contribution < 1.29 is 5.11 Å². The maximum atomic E-state index is 9.63. The fourth-order valence-corrected chi connectivity index (χ4v) is 1.83. The fraction of sp³-hybridized carbons (Fsp3) is 0.273. The van der Waals surface area contributed by atoms with Gasteiger partial charge in [-0.1, -0.05) is 6.08 Å². The number of nitrogens with one attached hydrogen (secondary N) is 1. The van der Waals surface area contributed by atoms with E-state index in [9.17, 15) is 5.11 Å². The van der Waals surface area contributed by atoms with Gasteiger partial charge in [-0.15, -0.1) is 6.58 Å². The second-order valence-electron chi connectivity index (χ2n) is 3.26. The van der Waals surface area contributed by atoms with Crippen molar-refractivity contribution in [2.75, 3.05) is 11.9 Å². The molecule has 0 unspecified atom stereocenters. The molecule has 0 radical (unpaired) electrons. The first-order valence-corrected chi connectivity index (χ1v) is 4.51. The van der Waals surface area contributed by atoms with Crippen LogP contribution in [0.3, 0.4) is 0 Å². The van der Waals surface area contributed by atoms with Gasteiger partial charge in [0.2, 0.25) is 0 Å². The first-order chi connectivity index (χ1) is 6.33. The minimum absolute atomic E-state index is 0.391. The van der Waals surface area contributed by atoms with Crippen LogP contribution in [-0.4, -0.2) is 11.7 Å². The highest BCUT2D eigenvalue weighted by atomic mass is 16.3. The molecule has 1 aromatic carbocycles. The van der Waals surface area contributed by atoms with Crippen LogP contribution in [0.1, 0.15) is 11.1 Å². The molecule has 1 aliphatic rings. The van der Waals surface area contributed by atoms with Crippen LogP contribution >= 0.6 is 0 Å². The minimum atomic E-state index is 0.391. The van der Waals surface area contributed by atoms with E-state index in [0.717, 1.165) is 30.6 Å². The van der Waals surface area contributed by atoms with E-state index in [1.807, 2.05) is 12.1 Å². The molecule has 2 rings (SSSR count). The number of aromatic hydroxyl groups is 1. The van der Waals surface area contributed by atoms with Crippen molar-refractivity contribution in [3.05, 3.63) is 35.9 Å². The Hall–Kier alpha value is -1.44. The molecule has 2 nitrogen and oxygen atoms in total.